The van der Waals surface area contributed by atoms with Crippen molar-refractivity contribution in [2.24, 2.45) is 0 Å². The molecule has 1 N–H and O–H groups in total. The Labute approximate surface area is 152 Å². The lowest BCUT2D eigenvalue weighted by Crippen LogP contribution is -2.14. The Morgan fingerprint density at radius 2 is 0.958 bits per heavy atom. The summed E-state index contributed by atoms with van der Waals surface area (Å²) in [5.41, 5.74) is 0. The minimum absolute atomic E-state index is 0.253. The van der Waals surface area contributed by atoms with Crippen molar-refractivity contribution in [3.63, 3.8) is 0 Å². The molecule has 0 aromatic rings. The van der Waals surface area contributed by atoms with Gasteiger partial charge < -0.3 is 9.84 Å². The minimum Gasteiger partial charge on any atom is -0.391 e. The summed E-state index contributed by atoms with van der Waals surface area (Å²) in [7, 11) is 0. The first-order valence-electron chi connectivity index (χ1n) is 11.1. The van der Waals surface area contributed by atoms with E-state index in [1.807, 2.05) is 6.92 Å². The molecule has 0 saturated carbocycles. The van der Waals surface area contributed by atoms with Crippen LogP contribution in [-0.2, 0) is 4.74 Å². The molecule has 0 aliphatic carbocycles. The van der Waals surface area contributed by atoms with Gasteiger partial charge in [0.05, 0.1) is 12.7 Å². The molecule has 2 heteroatoms. The lowest BCUT2D eigenvalue weighted by molar-refractivity contribution is 0.0368. The highest BCUT2D eigenvalue weighted by Crippen LogP contribution is 2.14. The predicted molar refractivity (Wildman–Crippen MR) is 107 cm³/mol. The molecule has 0 aliphatic heterocycles. The second-order valence-corrected chi connectivity index (χ2v) is 7.41. The number of aliphatic hydroxyl groups excluding tert-OH is 1. The van der Waals surface area contributed by atoms with Gasteiger partial charge in [0.1, 0.15) is 0 Å². The van der Waals surface area contributed by atoms with Gasteiger partial charge in [-0.1, -0.05) is 110 Å². The van der Waals surface area contributed by atoms with E-state index in [4.69, 9.17) is 4.74 Å². The largest absolute Gasteiger partial charge is 0.391 e. The molecule has 24 heavy (non-hydrogen) atoms. The molecule has 0 aromatic heterocycles. The van der Waals surface area contributed by atoms with Crippen molar-refractivity contribution in [1.29, 1.82) is 0 Å². The molecule has 0 rings (SSSR count). The van der Waals surface area contributed by atoms with Crippen LogP contribution in [0.2, 0.25) is 0 Å². The van der Waals surface area contributed by atoms with Crippen LogP contribution in [0, 0.1) is 0 Å². The maximum Gasteiger partial charge on any atom is 0.0773 e. The van der Waals surface area contributed by atoms with Gasteiger partial charge in [-0.3, -0.25) is 0 Å². The molecular weight excluding hydrogens is 296 g/mol. The standard InChI is InChI=1S/C22H46O2/c1-3-5-6-7-8-9-10-11-12-13-14-15-16-17-18-19-20-22(23)21-24-4-2/h22-23H,3-21H2,1-2H3. The second-order valence-electron chi connectivity index (χ2n) is 7.41. The number of hydrogen-bond donors (Lipinski definition) is 1. The second kappa shape index (κ2) is 21.0. The molecule has 0 aliphatic rings. The molecule has 0 amide bonds. The Balaban J connectivity index is 3.02. The SMILES string of the molecule is CCCCCCCCCCCCCCCCCCC(O)COCC. The summed E-state index contributed by atoms with van der Waals surface area (Å²) in [6, 6.07) is 0. The van der Waals surface area contributed by atoms with Crippen LogP contribution >= 0.6 is 0 Å². The van der Waals surface area contributed by atoms with Crippen LogP contribution in [0.15, 0.2) is 0 Å². The monoisotopic (exact) mass is 342 g/mol. The molecule has 0 fully saturated rings. The summed E-state index contributed by atoms with van der Waals surface area (Å²) in [5.74, 6) is 0. The Morgan fingerprint density at radius 1 is 0.583 bits per heavy atom. The molecule has 0 saturated heterocycles. The fourth-order valence-corrected chi connectivity index (χ4v) is 3.27. The number of hydrogen-bond acceptors (Lipinski definition) is 2. The van der Waals surface area contributed by atoms with E-state index in [0.717, 1.165) is 12.8 Å². The van der Waals surface area contributed by atoms with Crippen LogP contribution in [0.3, 0.4) is 0 Å². The van der Waals surface area contributed by atoms with E-state index >= 15 is 0 Å². The van der Waals surface area contributed by atoms with E-state index < -0.39 is 0 Å². The highest BCUT2D eigenvalue weighted by atomic mass is 16.5. The quantitative estimate of drug-likeness (QED) is 0.240. The lowest BCUT2D eigenvalue weighted by Gasteiger charge is -2.09. The predicted octanol–water partition coefficient (Wildman–Crippen LogP) is 7.04. The summed E-state index contributed by atoms with van der Waals surface area (Å²) in [4.78, 5) is 0. The molecule has 0 aromatic carbocycles. The van der Waals surface area contributed by atoms with E-state index in [2.05, 4.69) is 6.92 Å². The number of ether oxygens (including phenoxy) is 1. The molecule has 2 nitrogen and oxygen atoms in total. The zero-order chi connectivity index (χ0) is 17.7. The van der Waals surface area contributed by atoms with Gasteiger partial charge in [-0.05, 0) is 13.3 Å². The lowest BCUT2D eigenvalue weighted by atomic mass is 10.0. The first kappa shape index (κ1) is 23.9. The molecule has 0 radical (unpaired) electrons. The van der Waals surface area contributed by atoms with E-state index in [-0.39, 0.29) is 6.10 Å². The molecule has 1 atom stereocenters. The van der Waals surface area contributed by atoms with Gasteiger partial charge in [0.15, 0.2) is 0 Å². The highest BCUT2D eigenvalue weighted by molar-refractivity contribution is 4.55. The van der Waals surface area contributed by atoms with E-state index in [1.54, 1.807) is 0 Å². The van der Waals surface area contributed by atoms with Crippen LogP contribution in [-0.4, -0.2) is 24.4 Å². The zero-order valence-corrected chi connectivity index (χ0v) is 16.9. The molecule has 146 valence electrons. The van der Waals surface area contributed by atoms with Crippen molar-refractivity contribution in [2.75, 3.05) is 13.2 Å². The maximum absolute atomic E-state index is 9.67. The average molecular weight is 343 g/mol. The van der Waals surface area contributed by atoms with Gasteiger partial charge in [-0.15, -0.1) is 0 Å². The highest BCUT2D eigenvalue weighted by Gasteiger charge is 2.03. The summed E-state index contributed by atoms with van der Waals surface area (Å²) in [5, 5.41) is 9.67. The Hall–Kier alpha value is -0.0800. The number of rotatable bonds is 20. The first-order valence-corrected chi connectivity index (χ1v) is 11.1. The minimum atomic E-state index is -0.253. The topological polar surface area (TPSA) is 29.5 Å². The van der Waals surface area contributed by atoms with Crippen LogP contribution in [0.4, 0.5) is 0 Å². The molecule has 0 spiro atoms. The summed E-state index contributed by atoms with van der Waals surface area (Å²) < 4.78 is 5.22. The van der Waals surface area contributed by atoms with Crippen LogP contribution in [0.5, 0.6) is 0 Å². The number of unbranched alkanes of at least 4 members (excludes halogenated alkanes) is 15. The average Bonchev–Trinajstić information content (AvgIpc) is 2.59. The van der Waals surface area contributed by atoms with Crippen molar-refractivity contribution in [1.82, 2.24) is 0 Å². The Bertz CT molecular complexity index is 218. The van der Waals surface area contributed by atoms with Crippen molar-refractivity contribution < 1.29 is 9.84 Å². The molecule has 0 heterocycles. The Morgan fingerprint density at radius 3 is 1.33 bits per heavy atom. The smallest absolute Gasteiger partial charge is 0.0773 e. The number of aliphatic hydroxyl groups is 1. The Kier molecular flexibility index (Phi) is 20.9. The third kappa shape index (κ3) is 20.0. The van der Waals surface area contributed by atoms with Gasteiger partial charge in [0.2, 0.25) is 0 Å². The van der Waals surface area contributed by atoms with Crippen molar-refractivity contribution >= 4 is 0 Å². The van der Waals surface area contributed by atoms with Gasteiger partial charge in [0.25, 0.3) is 0 Å². The molecule has 0 bridgehead atoms. The van der Waals surface area contributed by atoms with Gasteiger partial charge in [-0.2, -0.15) is 0 Å². The van der Waals surface area contributed by atoms with E-state index in [0.29, 0.717) is 13.2 Å². The van der Waals surface area contributed by atoms with E-state index in [9.17, 15) is 5.11 Å². The van der Waals surface area contributed by atoms with Crippen molar-refractivity contribution in [3.8, 4) is 0 Å². The summed E-state index contributed by atoms with van der Waals surface area (Å²) in [6.07, 6.45) is 23.0. The van der Waals surface area contributed by atoms with Gasteiger partial charge in [0, 0.05) is 6.61 Å². The molecular formula is C22H46O2. The third-order valence-corrected chi connectivity index (χ3v) is 4.91. The van der Waals surface area contributed by atoms with Gasteiger partial charge in [-0.25, -0.2) is 0 Å². The normalized spacial score (nSPS) is 12.6. The van der Waals surface area contributed by atoms with Crippen LogP contribution < -0.4 is 0 Å². The maximum atomic E-state index is 9.67. The van der Waals surface area contributed by atoms with Crippen molar-refractivity contribution in [3.05, 3.63) is 0 Å². The van der Waals surface area contributed by atoms with Crippen LogP contribution in [0.1, 0.15) is 123 Å². The fraction of sp³-hybridized carbons (Fsp3) is 1.00. The van der Waals surface area contributed by atoms with Crippen molar-refractivity contribution in [2.45, 2.75) is 129 Å². The summed E-state index contributed by atoms with van der Waals surface area (Å²) >= 11 is 0. The van der Waals surface area contributed by atoms with Gasteiger partial charge >= 0.3 is 0 Å². The first-order chi connectivity index (χ1) is 11.8. The zero-order valence-electron chi connectivity index (χ0n) is 16.9. The fourth-order valence-electron chi connectivity index (χ4n) is 3.27. The van der Waals surface area contributed by atoms with Crippen LogP contribution in [0.25, 0.3) is 0 Å². The molecule has 1 unspecified atom stereocenters. The summed E-state index contributed by atoms with van der Waals surface area (Å²) in [6.45, 7) is 5.47. The van der Waals surface area contributed by atoms with E-state index in [1.165, 1.54) is 96.3 Å². The third-order valence-electron chi connectivity index (χ3n) is 4.91.